The number of hydrogen-bond donors (Lipinski definition) is 0. The lowest BCUT2D eigenvalue weighted by atomic mass is 9.95. The third-order valence-corrected chi connectivity index (χ3v) is 5.58. The number of aryl methyl sites for hydroxylation is 2. The molecule has 0 spiro atoms. The molecule has 0 radical (unpaired) electrons. The largest absolute Gasteiger partial charge is 0.416 e. The number of nitrogens with zero attached hydrogens (tertiary/aromatic N) is 4. The van der Waals surface area contributed by atoms with Crippen LogP contribution >= 0.6 is 0 Å². The normalized spacial score (nSPS) is 16.2. The summed E-state index contributed by atoms with van der Waals surface area (Å²) in [5.41, 5.74) is 1.46. The Morgan fingerprint density at radius 1 is 1.24 bits per heavy atom. The van der Waals surface area contributed by atoms with Gasteiger partial charge in [-0.15, -0.1) is 0 Å². The molecule has 0 saturated carbocycles. The fourth-order valence-electron chi connectivity index (χ4n) is 3.76. The van der Waals surface area contributed by atoms with Gasteiger partial charge in [0.2, 0.25) is 0 Å². The van der Waals surface area contributed by atoms with Crippen LogP contribution in [0, 0.1) is 12.8 Å². The molecule has 1 aromatic carbocycles. The summed E-state index contributed by atoms with van der Waals surface area (Å²) in [7, 11) is 3.60. The number of hydrogen-bond acceptors (Lipinski definition) is 3. The molecule has 0 bridgehead atoms. The molecule has 1 aliphatic rings. The number of halogens is 3. The predicted molar refractivity (Wildman–Crippen MR) is 104 cm³/mol. The van der Waals surface area contributed by atoms with Gasteiger partial charge in [0.05, 0.1) is 5.56 Å². The average molecular weight is 408 g/mol. The lowest BCUT2D eigenvalue weighted by Crippen LogP contribution is -2.39. The third-order valence-electron chi connectivity index (χ3n) is 5.58. The second-order valence-electron chi connectivity index (χ2n) is 7.90. The molecule has 1 aliphatic heterocycles. The van der Waals surface area contributed by atoms with E-state index in [1.165, 1.54) is 12.1 Å². The van der Waals surface area contributed by atoms with Crippen LogP contribution in [0.1, 0.15) is 40.2 Å². The maximum atomic E-state index is 12.9. The molecule has 0 aliphatic carbocycles. The van der Waals surface area contributed by atoms with Crippen molar-refractivity contribution in [3.63, 3.8) is 0 Å². The van der Waals surface area contributed by atoms with Crippen LogP contribution in [0.25, 0.3) is 0 Å². The van der Waals surface area contributed by atoms with Gasteiger partial charge in [0.25, 0.3) is 5.91 Å². The first-order chi connectivity index (χ1) is 13.6. The Balaban J connectivity index is 1.50. The second-order valence-corrected chi connectivity index (χ2v) is 7.90. The minimum absolute atomic E-state index is 0.0832. The van der Waals surface area contributed by atoms with Gasteiger partial charge in [0.1, 0.15) is 0 Å². The molecule has 5 nitrogen and oxygen atoms in total. The van der Waals surface area contributed by atoms with Crippen molar-refractivity contribution in [2.24, 2.45) is 13.0 Å². The fraction of sp³-hybridized carbons (Fsp3) is 0.524. The van der Waals surface area contributed by atoms with Crippen molar-refractivity contribution in [1.29, 1.82) is 0 Å². The average Bonchev–Trinajstić information content (AvgIpc) is 3.01. The maximum absolute atomic E-state index is 12.9. The van der Waals surface area contributed by atoms with Gasteiger partial charge in [0, 0.05) is 32.9 Å². The van der Waals surface area contributed by atoms with E-state index < -0.39 is 11.7 Å². The minimum Gasteiger partial charge on any atom is -0.340 e. The monoisotopic (exact) mass is 408 g/mol. The summed E-state index contributed by atoms with van der Waals surface area (Å²) >= 11 is 0. The SMILES string of the molecule is Cc1cc(C(=O)N(C)CC2CCN(Cc3cccc(C(F)(F)F)c3)CC2)nn1C. The molecule has 0 atom stereocenters. The van der Waals surface area contributed by atoms with Crippen LogP contribution < -0.4 is 0 Å². The lowest BCUT2D eigenvalue weighted by Gasteiger charge is -2.33. The van der Waals surface area contributed by atoms with Gasteiger partial charge in [-0.3, -0.25) is 14.4 Å². The van der Waals surface area contributed by atoms with Gasteiger partial charge in [-0.2, -0.15) is 18.3 Å². The quantitative estimate of drug-likeness (QED) is 0.757. The van der Waals surface area contributed by atoms with Gasteiger partial charge in [-0.25, -0.2) is 0 Å². The molecule has 0 N–H and O–H groups in total. The smallest absolute Gasteiger partial charge is 0.340 e. The van der Waals surface area contributed by atoms with Crippen LogP contribution in [0.15, 0.2) is 30.3 Å². The molecule has 3 rings (SSSR count). The number of carbonyl (C=O) groups is 1. The summed E-state index contributed by atoms with van der Waals surface area (Å²) in [4.78, 5) is 16.4. The highest BCUT2D eigenvalue weighted by Gasteiger charge is 2.30. The molecular weight excluding hydrogens is 381 g/mol. The molecule has 2 aromatic rings. The highest BCUT2D eigenvalue weighted by Crippen LogP contribution is 2.30. The van der Waals surface area contributed by atoms with Crippen LogP contribution in [-0.2, 0) is 19.8 Å². The van der Waals surface area contributed by atoms with Crippen molar-refractivity contribution < 1.29 is 18.0 Å². The van der Waals surface area contributed by atoms with Crippen molar-refractivity contribution >= 4 is 5.91 Å². The van der Waals surface area contributed by atoms with Crippen LogP contribution in [-0.4, -0.2) is 52.2 Å². The van der Waals surface area contributed by atoms with Crippen molar-refractivity contribution in [2.45, 2.75) is 32.5 Å². The highest BCUT2D eigenvalue weighted by molar-refractivity contribution is 5.92. The summed E-state index contributed by atoms with van der Waals surface area (Å²) in [5.74, 6) is 0.298. The molecular formula is C21H27F3N4O. The standard InChI is InChI=1S/C21H27F3N4O/c1-15-11-19(25-27(15)3)20(29)26(2)13-16-7-9-28(10-8-16)14-17-5-4-6-18(12-17)21(22,23)24/h4-6,11-12,16H,7-10,13-14H2,1-3H3. The Labute approximate surface area is 169 Å². The van der Waals surface area contributed by atoms with Crippen LogP contribution in [0.4, 0.5) is 13.2 Å². The number of rotatable bonds is 5. The summed E-state index contributed by atoms with van der Waals surface area (Å²) in [5, 5.41) is 4.24. The molecule has 0 unspecified atom stereocenters. The highest BCUT2D eigenvalue weighted by atomic mass is 19.4. The van der Waals surface area contributed by atoms with Gasteiger partial charge in [-0.05, 0) is 56.5 Å². The second kappa shape index (κ2) is 8.57. The zero-order chi connectivity index (χ0) is 21.2. The first kappa shape index (κ1) is 21.4. The van der Waals surface area contributed by atoms with Crippen molar-refractivity contribution in [3.8, 4) is 0 Å². The van der Waals surface area contributed by atoms with Crippen molar-refractivity contribution in [2.75, 3.05) is 26.7 Å². The number of alkyl halides is 3. The van der Waals surface area contributed by atoms with Crippen LogP contribution in [0.5, 0.6) is 0 Å². The van der Waals surface area contributed by atoms with Gasteiger partial charge >= 0.3 is 6.18 Å². The van der Waals surface area contributed by atoms with E-state index in [1.807, 2.05) is 14.0 Å². The van der Waals surface area contributed by atoms with E-state index in [2.05, 4.69) is 10.00 Å². The van der Waals surface area contributed by atoms with Crippen molar-refractivity contribution in [1.82, 2.24) is 19.6 Å². The molecule has 1 aromatic heterocycles. The number of aromatic nitrogens is 2. The van der Waals surface area contributed by atoms with E-state index in [1.54, 1.807) is 28.8 Å². The first-order valence-corrected chi connectivity index (χ1v) is 9.78. The Bertz CT molecular complexity index is 834. The summed E-state index contributed by atoms with van der Waals surface area (Å²) in [6.07, 6.45) is -2.48. The van der Waals surface area contributed by atoms with Gasteiger partial charge in [0.15, 0.2) is 5.69 Å². The molecule has 29 heavy (non-hydrogen) atoms. The van der Waals surface area contributed by atoms with E-state index in [9.17, 15) is 18.0 Å². The van der Waals surface area contributed by atoms with E-state index in [0.717, 1.165) is 37.7 Å². The first-order valence-electron chi connectivity index (χ1n) is 9.78. The third kappa shape index (κ3) is 5.38. The number of carbonyl (C=O) groups excluding carboxylic acids is 1. The molecule has 1 saturated heterocycles. The number of benzene rings is 1. The summed E-state index contributed by atoms with van der Waals surface area (Å²) in [6, 6.07) is 7.32. The zero-order valence-corrected chi connectivity index (χ0v) is 17.0. The molecule has 158 valence electrons. The van der Waals surface area contributed by atoms with Gasteiger partial charge < -0.3 is 4.90 Å². The number of amides is 1. The maximum Gasteiger partial charge on any atom is 0.416 e. The molecule has 1 fully saturated rings. The van der Waals surface area contributed by atoms with Crippen molar-refractivity contribution in [3.05, 3.63) is 52.8 Å². The Morgan fingerprint density at radius 3 is 2.52 bits per heavy atom. The van der Waals surface area contributed by atoms with E-state index >= 15 is 0 Å². The number of piperidine rings is 1. The van der Waals surface area contributed by atoms with E-state index in [0.29, 0.717) is 30.3 Å². The molecule has 8 heteroatoms. The Kier molecular flexibility index (Phi) is 6.31. The van der Waals surface area contributed by atoms with E-state index in [4.69, 9.17) is 0 Å². The Morgan fingerprint density at radius 2 is 1.93 bits per heavy atom. The summed E-state index contributed by atoms with van der Waals surface area (Å²) < 4.78 is 40.3. The fourth-order valence-corrected chi connectivity index (χ4v) is 3.76. The zero-order valence-electron chi connectivity index (χ0n) is 17.0. The predicted octanol–water partition coefficient (Wildman–Crippen LogP) is 3.73. The van der Waals surface area contributed by atoms with E-state index in [-0.39, 0.29) is 5.91 Å². The topological polar surface area (TPSA) is 41.4 Å². The number of likely N-dealkylation sites (tertiary alicyclic amines) is 1. The molecule has 1 amide bonds. The summed E-state index contributed by atoms with van der Waals surface area (Å²) in [6.45, 7) is 4.70. The Hall–Kier alpha value is -2.35. The molecule has 2 heterocycles. The van der Waals surface area contributed by atoms with Crippen LogP contribution in [0.2, 0.25) is 0 Å². The minimum atomic E-state index is -4.31. The van der Waals surface area contributed by atoms with Crippen LogP contribution in [0.3, 0.4) is 0 Å². The lowest BCUT2D eigenvalue weighted by molar-refractivity contribution is -0.137. The van der Waals surface area contributed by atoms with Gasteiger partial charge in [-0.1, -0.05) is 18.2 Å².